The summed E-state index contributed by atoms with van der Waals surface area (Å²) >= 11 is 0. The number of methoxy groups -OCH3 is 1. The summed E-state index contributed by atoms with van der Waals surface area (Å²) in [5.74, 6) is 0.935. The summed E-state index contributed by atoms with van der Waals surface area (Å²) in [4.78, 5) is 3.28. The van der Waals surface area contributed by atoms with Crippen LogP contribution in [0.15, 0.2) is 54.7 Å². The van der Waals surface area contributed by atoms with Crippen LogP contribution >= 0.6 is 0 Å². The molecule has 118 valence electrons. The molecule has 1 saturated heterocycles. The fourth-order valence-electron chi connectivity index (χ4n) is 3.80. The number of nitrogens with one attached hydrogen (secondary N) is 2. The number of hydrogen-bond acceptors (Lipinski definition) is 2. The van der Waals surface area contributed by atoms with E-state index in [1.54, 1.807) is 7.11 Å². The maximum Gasteiger partial charge on any atom is 0.119 e. The van der Waals surface area contributed by atoms with Crippen molar-refractivity contribution in [3.63, 3.8) is 0 Å². The number of H-pyrrole nitrogens is 1. The zero-order valence-electron chi connectivity index (χ0n) is 13.4. The van der Waals surface area contributed by atoms with Crippen LogP contribution in [0.3, 0.4) is 0 Å². The van der Waals surface area contributed by atoms with Gasteiger partial charge in [0.25, 0.3) is 0 Å². The molecule has 4 rings (SSSR count). The molecule has 2 heterocycles. The standard InChI is InChI=1S/C20H22N2O/c1-23-18-4-2-3-15(11-18)13-20(8-10-21-14-20)17-5-6-19-16(12-17)7-9-22-19/h2-7,9,11-12,21-22H,8,10,13-14H2,1H3/t20-/m0/s1. The molecule has 1 fully saturated rings. The van der Waals surface area contributed by atoms with Crippen molar-refractivity contribution in [3.05, 3.63) is 65.9 Å². The Morgan fingerprint density at radius 1 is 1.13 bits per heavy atom. The van der Waals surface area contributed by atoms with Crippen molar-refractivity contribution in [3.8, 4) is 5.75 Å². The summed E-state index contributed by atoms with van der Waals surface area (Å²) in [6, 6.07) is 17.4. The van der Waals surface area contributed by atoms with E-state index in [0.717, 1.165) is 25.3 Å². The second kappa shape index (κ2) is 5.74. The first-order valence-corrected chi connectivity index (χ1v) is 8.20. The van der Waals surface area contributed by atoms with Gasteiger partial charge in [0.15, 0.2) is 0 Å². The van der Waals surface area contributed by atoms with Gasteiger partial charge in [0, 0.05) is 23.7 Å². The third-order valence-electron chi connectivity index (χ3n) is 5.09. The highest BCUT2D eigenvalue weighted by atomic mass is 16.5. The lowest BCUT2D eigenvalue weighted by Crippen LogP contribution is -2.31. The van der Waals surface area contributed by atoms with Crippen molar-refractivity contribution in [2.45, 2.75) is 18.3 Å². The number of ether oxygens (including phenoxy) is 1. The molecule has 0 saturated carbocycles. The van der Waals surface area contributed by atoms with Gasteiger partial charge in [-0.25, -0.2) is 0 Å². The predicted molar refractivity (Wildman–Crippen MR) is 94.2 cm³/mol. The van der Waals surface area contributed by atoms with Gasteiger partial charge in [-0.05, 0) is 66.2 Å². The quantitative estimate of drug-likeness (QED) is 0.772. The fraction of sp³-hybridized carbons (Fsp3) is 0.300. The Balaban J connectivity index is 1.73. The van der Waals surface area contributed by atoms with E-state index in [-0.39, 0.29) is 5.41 Å². The van der Waals surface area contributed by atoms with Crippen LogP contribution in [0.25, 0.3) is 10.9 Å². The normalized spacial score (nSPS) is 20.9. The van der Waals surface area contributed by atoms with Crippen molar-refractivity contribution >= 4 is 10.9 Å². The van der Waals surface area contributed by atoms with Crippen LogP contribution in [0.2, 0.25) is 0 Å². The van der Waals surface area contributed by atoms with E-state index in [2.05, 4.69) is 52.8 Å². The van der Waals surface area contributed by atoms with Gasteiger partial charge in [0.05, 0.1) is 7.11 Å². The highest BCUT2D eigenvalue weighted by molar-refractivity contribution is 5.80. The third kappa shape index (κ3) is 2.62. The van der Waals surface area contributed by atoms with E-state index in [1.807, 2.05) is 12.3 Å². The third-order valence-corrected chi connectivity index (χ3v) is 5.09. The summed E-state index contributed by atoms with van der Waals surface area (Å²) in [5, 5.41) is 4.85. The van der Waals surface area contributed by atoms with Crippen LogP contribution in [0.1, 0.15) is 17.5 Å². The summed E-state index contributed by atoms with van der Waals surface area (Å²) in [5.41, 5.74) is 4.13. The van der Waals surface area contributed by atoms with E-state index < -0.39 is 0 Å². The maximum atomic E-state index is 5.39. The van der Waals surface area contributed by atoms with Crippen LogP contribution in [0.5, 0.6) is 5.75 Å². The molecule has 0 bridgehead atoms. The average Bonchev–Trinajstić information content (AvgIpc) is 3.24. The smallest absolute Gasteiger partial charge is 0.119 e. The molecule has 3 nitrogen and oxygen atoms in total. The second-order valence-corrected chi connectivity index (χ2v) is 6.52. The molecule has 0 unspecified atom stereocenters. The van der Waals surface area contributed by atoms with Crippen molar-refractivity contribution in [1.29, 1.82) is 0 Å². The average molecular weight is 306 g/mol. The Kier molecular flexibility index (Phi) is 3.58. The number of aromatic amines is 1. The Hall–Kier alpha value is -2.26. The van der Waals surface area contributed by atoms with Crippen molar-refractivity contribution in [2.75, 3.05) is 20.2 Å². The molecule has 1 aliphatic rings. The van der Waals surface area contributed by atoms with E-state index >= 15 is 0 Å². The molecule has 3 heteroatoms. The molecule has 23 heavy (non-hydrogen) atoms. The molecule has 0 aliphatic carbocycles. The first-order valence-electron chi connectivity index (χ1n) is 8.20. The molecule has 2 aromatic carbocycles. The zero-order chi connectivity index (χ0) is 15.7. The summed E-state index contributed by atoms with van der Waals surface area (Å²) in [7, 11) is 1.73. The molecular weight excluding hydrogens is 284 g/mol. The van der Waals surface area contributed by atoms with Gasteiger partial charge in [-0.3, -0.25) is 0 Å². The van der Waals surface area contributed by atoms with E-state index in [1.165, 1.54) is 28.5 Å². The largest absolute Gasteiger partial charge is 0.497 e. The van der Waals surface area contributed by atoms with Crippen molar-refractivity contribution in [1.82, 2.24) is 10.3 Å². The number of aromatic nitrogens is 1. The Morgan fingerprint density at radius 3 is 2.91 bits per heavy atom. The van der Waals surface area contributed by atoms with Gasteiger partial charge >= 0.3 is 0 Å². The summed E-state index contributed by atoms with van der Waals surface area (Å²) in [6.07, 6.45) is 4.21. The molecule has 0 radical (unpaired) electrons. The Bertz CT molecular complexity index is 815. The highest BCUT2D eigenvalue weighted by Gasteiger charge is 2.35. The van der Waals surface area contributed by atoms with Gasteiger partial charge in [0.1, 0.15) is 5.75 Å². The number of rotatable bonds is 4. The van der Waals surface area contributed by atoms with E-state index in [0.29, 0.717) is 0 Å². The van der Waals surface area contributed by atoms with Crippen LogP contribution in [-0.2, 0) is 11.8 Å². The topological polar surface area (TPSA) is 37.0 Å². The van der Waals surface area contributed by atoms with E-state index in [9.17, 15) is 0 Å². The first-order chi connectivity index (χ1) is 11.3. The Morgan fingerprint density at radius 2 is 2.09 bits per heavy atom. The lowest BCUT2D eigenvalue weighted by atomic mass is 9.74. The monoisotopic (exact) mass is 306 g/mol. The lowest BCUT2D eigenvalue weighted by molar-refractivity contribution is 0.412. The summed E-state index contributed by atoms with van der Waals surface area (Å²) in [6.45, 7) is 2.11. The summed E-state index contributed by atoms with van der Waals surface area (Å²) < 4.78 is 5.39. The van der Waals surface area contributed by atoms with Crippen LogP contribution in [0.4, 0.5) is 0 Å². The fourth-order valence-corrected chi connectivity index (χ4v) is 3.80. The van der Waals surface area contributed by atoms with E-state index in [4.69, 9.17) is 4.74 Å². The Labute approximate surface area is 136 Å². The van der Waals surface area contributed by atoms with Gasteiger partial charge in [0.2, 0.25) is 0 Å². The SMILES string of the molecule is COc1cccc(C[C@@]2(c3ccc4[nH]ccc4c3)CCNC2)c1. The van der Waals surface area contributed by atoms with Gasteiger partial charge in [-0.1, -0.05) is 18.2 Å². The molecule has 0 spiro atoms. The zero-order valence-corrected chi connectivity index (χ0v) is 13.4. The maximum absolute atomic E-state index is 5.39. The van der Waals surface area contributed by atoms with Gasteiger partial charge in [-0.15, -0.1) is 0 Å². The van der Waals surface area contributed by atoms with Crippen LogP contribution in [0, 0.1) is 0 Å². The molecular formula is C20H22N2O. The predicted octanol–water partition coefficient (Wildman–Crippen LogP) is 3.65. The van der Waals surface area contributed by atoms with Crippen LogP contribution < -0.4 is 10.1 Å². The number of fused-ring (bicyclic) bond motifs is 1. The molecule has 1 aliphatic heterocycles. The van der Waals surface area contributed by atoms with Crippen molar-refractivity contribution < 1.29 is 4.74 Å². The molecule has 1 atom stereocenters. The first kappa shape index (κ1) is 14.3. The molecule has 1 aromatic heterocycles. The molecule has 0 amide bonds. The second-order valence-electron chi connectivity index (χ2n) is 6.52. The minimum Gasteiger partial charge on any atom is -0.497 e. The number of benzene rings is 2. The minimum atomic E-state index is 0.165. The van der Waals surface area contributed by atoms with Crippen LogP contribution in [-0.4, -0.2) is 25.2 Å². The molecule has 3 aromatic rings. The highest BCUT2D eigenvalue weighted by Crippen LogP contribution is 2.36. The lowest BCUT2D eigenvalue weighted by Gasteiger charge is -2.29. The number of hydrogen-bond donors (Lipinski definition) is 2. The minimum absolute atomic E-state index is 0.165. The van der Waals surface area contributed by atoms with Gasteiger partial charge in [-0.2, -0.15) is 0 Å². The van der Waals surface area contributed by atoms with Crippen molar-refractivity contribution in [2.24, 2.45) is 0 Å². The molecule has 2 N–H and O–H groups in total. The van der Waals surface area contributed by atoms with Gasteiger partial charge < -0.3 is 15.0 Å².